The summed E-state index contributed by atoms with van der Waals surface area (Å²) in [5.41, 5.74) is 1.17. The Kier molecular flexibility index (Phi) is 6.81. The number of amides is 1. The predicted molar refractivity (Wildman–Crippen MR) is 98.9 cm³/mol. The molecule has 0 aliphatic rings. The van der Waals surface area contributed by atoms with Crippen LogP contribution in [-0.4, -0.2) is 28.4 Å². The number of carbonyl (C=O) groups is 1. The highest BCUT2D eigenvalue weighted by molar-refractivity contribution is 7.99. The van der Waals surface area contributed by atoms with Gasteiger partial charge in [-0.15, -0.1) is 10.2 Å². The number of carbonyl (C=O) groups excluding carboxylic acids is 1. The van der Waals surface area contributed by atoms with E-state index in [1.165, 1.54) is 17.7 Å². The fourth-order valence-electron chi connectivity index (χ4n) is 2.23. The van der Waals surface area contributed by atoms with Crippen LogP contribution in [0.3, 0.4) is 0 Å². The lowest BCUT2D eigenvalue weighted by Crippen LogP contribution is -2.27. The third kappa shape index (κ3) is 6.10. The summed E-state index contributed by atoms with van der Waals surface area (Å²) in [7, 11) is 0. The Morgan fingerprint density at radius 2 is 1.89 bits per heavy atom. The van der Waals surface area contributed by atoms with E-state index >= 15 is 0 Å². The zero-order chi connectivity index (χ0) is 18.9. The highest BCUT2D eigenvalue weighted by atomic mass is 32.2. The average Bonchev–Trinajstić information content (AvgIpc) is 3.14. The molecule has 27 heavy (non-hydrogen) atoms. The monoisotopic (exact) mass is 387 g/mol. The second kappa shape index (κ2) is 9.72. The molecule has 0 saturated heterocycles. The number of nitrogens with one attached hydrogen (secondary N) is 1. The van der Waals surface area contributed by atoms with Crippen molar-refractivity contribution in [3.8, 4) is 5.75 Å². The molecule has 0 spiro atoms. The third-order valence-corrected chi connectivity index (χ3v) is 4.36. The topological polar surface area (TPSA) is 77.2 Å². The molecule has 1 amide bonds. The molecule has 3 rings (SSSR count). The molecular weight excluding hydrogens is 369 g/mol. The number of thioether (sulfide) groups is 1. The SMILES string of the molecule is O=C(CSc1nnc(COc2ccccc2F)o1)NCCc1ccccc1. The lowest BCUT2D eigenvalue weighted by atomic mass is 10.1. The van der Waals surface area contributed by atoms with Gasteiger partial charge < -0.3 is 14.5 Å². The van der Waals surface area contributed by atoms with Crippen molar-refractivity contribution in [3.05, 3.63) is 71.9 Å². The first-order chi connectivity index (χ1) is 13.2. The van der Waals surface area contributed by atoms with Gasteiger partial charge in [-0.1, -0.05) is 54.2 Å². The van der Waals surface area contributed by atoms with E-state index in [4.69, 9.17) is 9.15 Å². The summed E-state index contributed by atoms with van der Waals surface area (Å²) in [4.78, 5) is 11.9. The first-order valence-electron chi connectivity index (χ1n) is 8.34. The standard InChI is InChI=1S/C19H18FN3O3S/c20-15-8-4-5-9-16(15)25-12-18-22-23-19(26-18)27-13-17(24)21-11-10-14-6-2-1-3-7-14/h1-9H,10-13H2,(H,21,24). The van der Waals surface area contributed by atoms with Gasteiger partial charge in [-0.25, -0.2) is 4.39 Å². The van der Waals surface area contributed by atoms with Gasteiger partial charge in [0.1, 0.15) is 0 Å². The first kappa shape index (κ1) is 18.9. The Morgan fingerprint density at radius 3 is 2.70 bits per heavy atom. The Labute approximate surface area is 160 Å². The summed E-state index contributed by atoms with van der Waals surface area (Å²) in [6.07, 6.45) is 0.773. The van der Waals surface area contributed by atoms with Crippen LogP contribution in [0.5, 0.6) is 5.75 Å². The van der Waals surface area contributed by atoms with Crippen LogP contribution in [0, 0.1) is 5.82 Å². The van der Waals surface area contributed by atoms with Gasteiger partial charge in [0.25, 0.3) is 11.1 Å². The molecule has 6 nitrogen and oxygen atoms in total. The van der Waals surface area contributed by atoms with Crippen LogP contribution in [0.4, 0.5) is 4.39 Å². The van der Waals surface area contributed by atoms with Gasteiger partial charge in [0.15, 0.2) is 18.2 Å². The minimum absolute atomic E-state index is 0.0439. The normalized spacial score (nSPS) is 10.6. The van der Waals surface area contributed by atoms with Crippen LogP contribution in [0.15, 0.2) is 64.2 Å². The molecule has 8 heteroatoms. The molecule has 2 aromatic carbocycles. The van der Waals surface area contributed by atoms with Crippen LogP contribution < -0.4 is 10.1 Å². The second-order valence-electron chi connectivity index (χ2n) is 5.56. The van der Waals surface area contributed by atoms with Gasteiger partial charge in [0.2, 0.25) is 5.91 Å². The number of hydrogen-bond acceptors (Lipinski definition) is 6. The van der Waals surface area contributed by atoms with Crippen molar-refractivity contribution in [2.75, 3.05) is 12.3 Å². The van der Waals surface area contributed by atoms with Crippen molar-refractivity contribution in [1.29, 1.82) is 0 Å². The van der Waals surface area contributed by atoms with Gasteiger partial charge in [0, 0.05) is 6.54 Å². The van der Waals surface area contributed by atoms with E-state index < -0.39 is 5.82 Å². The van der Waals surface area contributed by atoms with Crippen molar-refractivity contribution < 1.29 is 18.3 Å². The molecule has 0 atom stereocenters. The van der Waals surface area contributed by atoms with Crippen molar-refractivity contribution in [2.45, 2.75) is 18.3 Å². The predicted octanol–water partition coefficient (Wildman–Crippen LogP) is 3.24. The van der Waals surface area contributed by atoms with Crippen LogP contribution in [-0.2, 0) is 17.8 Å². The van der Waals surface area contributed by atoms with Gasteiger partial charge in [-0.2, -0.15) is 0 Å². The summed E-state index contributed by atoms with van der Waals surface area (Å²) in [5.74, 6) is -0.0741. The zero-order valence-electron chi connectivity index (χ0n) is 14.4. The molecule has 0 aliphatic heterocycles. The summed E-state index contributed by atoms with van der Waals surface area (Å²) in [5, 5.41) is 10.8. The molecule has 1 heterocycles. The number of benzene rings is 2. The van der Waals surface area contributed by atoms with Gasteiger partial charge in [-0.3, -0.25) is 4.79 Å². The number of hydrogen-bond donors (Lipinski definition) is 1. The van der Waals surface area contributed by atoms with E-state index in [1.807, 2.05) is 30.3 Å². The highest BCUT2D eigenvalue weighted by Gasteiger charge is 2.11. The Hall–Kier alpha value is -2.87. The largest absolute Gasteiger partial charge is 0.481 e. The molecule has 0 unspecified atom stereocenters. The summed E-state index contributed by atoms with van der Waals surface area (Å²) in [6, 6.07) is 16.0. The highest BCUT2D eigenvalue weighted by Crippen LogP contribution is 2.19. The maximum Gasteiger partial charge on any atom is 0.277 e. The lowest BCUT2D eigenvalue weighted by Gasteiger charge is -2.04. The van der Waals surface area contributed by atoms with E-state index in [1.54, 1.807) is 12.1 Å². The molecule has 0 bridgehead atoms. The maximum atomic E-state index is 13.5. The summed E-state index contributed by atoms with van der Waals surface area (Å²) >= 11 is 1.14. The molecule has 3 aromatic rings. The Bertz CT molecular complexity index is 873. The molecule has 0 radical (unpaired) electrons. The van der Waals surface area contributed by atoms with E-state index in [0.29, 0.717) is 6.54 Å². The number of para-hydroxylation sites is 1. The average molecular weight is 387 g/mol. The van der Waals surface area contributed by atoms with Crippen molar-refractivity contribution in [3.63, 3.8) is 0 Å². The quantitative estimate of drug-likeness (QED) is 0.568. The van der Waals surface area contributed by atoms with Crippen molar-refractivity contribution in [2.24, 2.45) is 0 Å². The minimum atomic E-state index is -0.459. The maximum absolute atomic E-state index is 13.5. The lowest BCUT2D eigenvalue weighted by molar-refractivity contribution is -0.118. The first-order valence-corrected chi connectivity index (χ1v) is 9.32. The van der Waals surface area contributed by atoms with E-state index in [2.05, 4.69) is 15.5 Å². The number of rotatable bonds is 9. The van der Waals surface area contributed by atoms with E-state index in [9.17, 15) is 9.18 Å². The third-order valence-electron chi connectivity index (χ3n) is 3.54. The fraction of sp³-hybridized carbons (Fsp3) is 0.211. The smallest absolute Gasteiger partial charge is 0.277 e. The molecule has 140 valence electrons. The van der Waals surface area contributed by atoms with Crippen LogP contribution >= 0.6 is 11.8 Å². The summed E-state index contributed by atoms with van der Waals surface area (Å²) in [6.45, 7) is 0.521. The number of aromatic nitrogens is 2. The second-order valence-corrected chi connectivity index (χ2v) is 6.48. The fourth-order valence-corrected chi connectivity index (χ4v) is 2.84. The summed E-state index contributed by atoms with van der Waals surface area (Å²) < 4.78 is 24.2. The molecule has 0 fully saturated rings. The van der Waals surface area contributed by atoms with Crippen LogP contribution in [0.25, 0.3) is 0 Å². The molecular formula is C19H18FN3O3S. The molecule has 1 aromatic heterocycles. The number of halogens is 1. The number of ether oxygens (including phenoxy) is 1. The minimum Gasteiger partial charge on any atom is -0.481 e. The van der Waals surface area contributed by atoms with Crippen molar-refractivity contribution in [1.82, 2.24) is 15.5 Å². The molecule has 0 aliphatic carbocycles. The molecule has 0 saturated carbocycles. The zero-order valence-corrected chi connectivity index (χ0v) is 15.2. The van der Waals surface area contributed by atoms with Crippen LogP contribution in [0.2, 0.25) is 0 Å². The molecule has 1 N–H and O–H groups in total. The van der Waals surface area contributed by atoms with Crippen molar-refractivity contribution >= 4 is 17.7 Å². The van der Waals surface area contributed by atoms with E-state index in [-0.39, 0.29) is 35.1 Å². The Morgan fingerprint density at radius 1 is 1.11 bits per heavy atom. The Balaban J connectivity index is 1.37. The van der Waals surface area contributed by atoms with Gasteiger partial charge >= 0.3 is 0 Å². The number of nitrogens with zero attached hydrogens (tertiary/aromatic N) is 2. The van der Waals surface area contributed by atoms with E-state index in [0.717, 1.165) is 18.2 Å². The van der Waals surface area contributed by atoms with Crippen LogP contribution in [0.1, 0.15) is 11.5 Å². The van der Waals surface area contributed by atoms with Gasteiger partial charge in [-0.05, 0) is 24.1 Å². The van der Waals surface area contributed by atoms with Gasteiger partial charge in [0.05, 0.1) is 5.75 Å².